The molecule has 10 nitrogen and oxygen atoms in total. The summed E-state index contributed by atoms with van der Waals surface area (Å²) in [6.45, 7) is 7.94. The van der Waals surface area contributed by atoms with Crippen LogP contribution < -0.4 is 35.6 Å². The fourth-order valence-electron chi connectivity index (χ4n) is 6.04. The number of ether oxygens (including phenoxy) is 3. The molecule has 4 rings (SSSR count). The number of carbonyl (C=O) groups excluding carboxylic acids is 2. The van der Waals surface area contributed by atoms with Crippen molar-refractivity contribution in [2.75, 3.05) is 46.3 Å². The average Bonchev–Trinajstić information content (AvgIpc) is 3.30. The number of carbonyl (C=O) groups is 2. The number of benzene rings is 1. The summed E-state index contributed by atoms with van der Waals surface area (Å²) in [4.78, 5) is 41.0. The van der Waals surface area contributed by atoms with Crippen molar-refractivity contribution < 1.29 is 23.8 Å². The van der Waals surface area contributed by atoms with Gasteiger partial charge in [-0.05, 0) is 80.6 Å². The van der Waals surface area contributed by atoms with Crippen molar-refractivity contribution >= 4 is 17.5 Å². The van der Waals surface area contributed by atoms with Crippen molar-refractivity contribution in [2.45, 2.75) is 64.6 Å². The third kappa shape index (κ3) is 6.43. The van der Waals surface area contributed by atoms with Gasteiger partial charge in [0.15, 0.2) is 11.5 Å². The predicted octanol–water partition coefficient (Wildman–Crippen LogP) is 3.26. The van der Waals surface area contributed by atoms with Crippen molar-refractivity contribution in [2.24, 2.45) is 0 Å². The Balaban J connectivity index is 1.72. The summed E-state index contributed by atoms with van der Waals surface area (Å²) in [5.41, 5.74) is 3.13. The van der Waals surface area contributed by atoms with Gasteiger partial charge in [-0.1, -0.05) is 13.0 Å². The topological polar surface area (TPSA) is 118 Å². The molecule has 41 heavy (non-hydrogen) atoms. The van der Waals surface area contributed by atoms with Crippen molar-refractivity contribution in [1.82, 2.24) is 15.5 Å². The molecule has 3 atom stereocenters. The van der Waals surface area contributed by atoms with Crippen LogP contribution in [0.3, 0.4) is 0 Å². The summed E-state index contributed by atoms with van der Waals surface area (Å²) in [5.74, 6) is 1.11. The molecule has 1 fully saturated rings. The molecule has 0 unspecified atom stereocenters. The van der Waals surface area contributed by atoms with Gasteiger partial charge in [-0.3, -0.25) is 19.3 Å². The molecule has 1 aliphatic carbocycles. The van der Waals surface area contributed by atoms with Crippen molar-refractivity contribution in [3.05, 3.63) is 45.6 Å². The fourth-order valence-corrected chi connectivity index (χ4v) is 6.04. The van der Waals surface area contributed by atoms with E-state index in [-0.39, 0.29) is 17.2 Å². The number of likely N-dealkylation sites (N-methyl/N-ethyl adjacent to an activating group) is 1. The van der Waals surface area contributed by atoms with E-state index in [1.54, 1.807) is 40.4 Å². The zero-order valence-electron chi connectivity index (χ0n) is 24.9. The van der Waals surface area contributed by atoms with Crippen LogP contribution in [-0.4, -0.2) is 69.8 Å². The van der Waals surface area contributed by atoms with Gasteiger partial charge in [0.05, 0.1) is 33.1 Å². The summed E-state index contributed by atoms with van der Waals surface area (Å²) in [6.07, 6.45) is 3.39. The number of nitrogens with one attached hydrogen (secondary N) is 3. The molecule has 1 saturated heterocycles. The summed E-state index contributed by atoms with van der Waals surface area (Å²) < 4.78 is 17.1. The zero-order chi connectivity index (χ0) is 29.7. The molecule has 0 spiro atoms. The van der Waals surface area contributed by atoms with Crippen LogP contribution in [0.15, 0.2) is 29.1 Å². The average molecular weight is 567 g/mol. The first-order chi connectivity index (χ1) is 19.7. The fraction of sp³-hybridized carbons (Fsp3) is 0.516. The van der Waals surface area contributed by atoms with Crippen molar-refractivity contribution in [3.63, 3.8) is 0 Å². The van der Waals surface area contributed by atoms with Gasteiger partial charge in [0.25, 0.3) is 0 Å². The smallest absolute Gasteiger partial charge is 0.242 e. The first kappa shape index (κ1) is 30.2. The van der Waals surface area contributed by atoms with Crippen LogP contribution in [0.5, 0.6) is 17.2 Å². The predicted molar refractivity (Wildman–Crippen MR) is 159 cm³/mol. The molecule has 0 aromatic heterocycles. The molecule has 1 aliphatic heterocycles. The lowest BCUT2D eigenvalue weighted by atomic mass is 9.95. The van der Waals surface area contributed by atoms with E-state index in [1.807, 2.05) is 12.1 Å². The minimum Gasteiger partial charge on any atom is -0.493 e. The molecular weight excluding hydrogens is 524 g/mol. The Bertz CT molecular complexity index is 1350. The third-order valence-corrected chi connectivity index (χ3v) is 8.10. The first-order valence-electron chi connectivity index (χ1n) is 14.3. The molecule has 2 aromatic rings. The summed E-state index contributed by atoms with van der Waals surface area (Å²) in [6, 6.07) is 6.30. The Morgan fingerprint density at radius 2 is 1.83 bits per heavy atom. The normalized spacial score (nSPS) is 18.8. The van der Waals surface area contributed by atoms with Gasteiger partial charge in [0, 0.05) is 25.1 Å². The second-order valence-electron chi connectivity index (χ2n) is 10.6. The molecule has 3 N–H and O–H groups in total. The van der Waals surface area contributed by atoms with Gasteiger partial charge in [0.2, 0.25) is 23.0 Å². The lowest BCUT2D eigenvalue weighted by Gasteiger charge is -2.24. The molecule has 2 aromatic carbocycles. The Labute approximate surface area is 241 Å². The van der Waals surface area contributed by atoms with Crippen LogP contribution in [0.4, 0.5) is 5.69 Å². The molecule has 2 aliphatic rings. The van der Waals surface area contributed by atoms with E-state index in [9.17, 15) is 14.4 Å². The number of fused-ring (bicyclic) bond motifs is 3. The standard InChI is InChI=1S/C31H42N4O6/c1-7-35-14-8-9-21(35)17-32-31(38)18(2)33-25-13-11-22-23(16-26(25)37)24(34-19(3)36)12-10-20-15-27(39-4)29(40-5)30(41-6)28(20)22/h11,13,15-16,18,21,24H,7-10,12,14,17H2,1-6H3,(H,32,38)(H,33,37)(H,34,36)/t18-,21+,24-/m0/s1. The minimum absolute atomic E-state index is 0.166. The monoisotopic (exact) mass is 566 g/mol. The summed E-state index contributed by atoms with van der Waals surface area (Å²) in [5, 5.41) is 9.17. The van der Waals surface area contributed by atoms with Gasteiger partial charge in [0.1, 0.15) is 6.04 Å². The van der Waals surface area contributed by atoms with Gasteiger partial charge < -0.3 is 30.2 Å². The van der Waals surface area contributed by atoms with Crippen LogP contribution >= 0.6 is 0 Å². The Hall–Kier alpha value is -3.79. The number of nitrogens with zero attached hydrogens (tertiary/aromatic N) is 1. The second-order valence-corrected chi connectivity index (χ2v) is 10.6. The molecule has 2 amide bonds. The van der Waals surface area contributed by atoms with Crippen LogP contribution in [0.1, 0.15) is 57.2 Å². The Morgan fingerprint density at radius 3 is 2.49 bits per heavy atom. The van der Waals surface area contributed by atoms with Crippen LogP contribution in [0, 0.1) is 0 Å². The number of hydrogen-bond acceptors (Lipinski definition) is 8. The number of rotatable bonds is 10. The molecule has 0 bridgehead atoms. The van der Waals surface area contributed by atoms with Gasteiger partial charge >= 0.3 is 0 Å². The highest BCUT2D eigenvalue weighted by Crippen LogP contribution is 2.50. The van der Waals surface area contributed by atoms with E-state index in [0.717, 1.165) is 42.6 Å². The number of hydrogen-bond donors (Lipinski definition) is 3. The number of aryl methyl sites for hydroxylation is 1. The maximum Gasteiger partial charge on any atom is 0.242 e. The summed E-state index contributed by atoms with van der Waals surface area (Å²) in [7, 11) is 4.68. The number of amides is 2. The molecule has 10 heteroatoms. The Morgan fingerprint density at radius 1 is 1.07 bits per heavy atom. The molecular formula is C31H42N4O6. The zero-order valence-corrected chi connectivity index (χ0v) is 24.9. The maximum absolute atomic E-state index is 13.5. The lowest BCUT2D eigenvalue weighted by Crippen LogP contribution is -2.45. The van der Waals surface area contributed by atoms with Gasteiger partial charge in [-0.15, -0.1) is 0 Å². The quantitative estimate of drug-likeness (QED) is 0.401. The SMILES string of the molecule is CCN1CCC[C@@H]1CNC(=O)[C@H](C)Nc1ccc2c(cc1=O)[C@@H](NC(C)=O)CCc1cc(OC)c(OC)c(OC)c1-2. The van der Waals surface area contributed by atoms with Crippen molar-refractivity contribution in [1.29, 1.82) is 0 Å². The van der Waals surface area contributed by atoms with E-state index in [2.05, 4.69) is 27.8 Å². The molecule has 0 saturated carbocycles. The minimum atomic E-state index is -0.626. The largest absolute Gasteiger partial charge is 0.493 e. The lowest BCUT2D eigenvalue weighted by molar-refractivity contribution is -0.122. The van der Waals surface area contributed by atoms with E-state index in [4.69, 9.17) is 14.2 Å². The maximum atomic E-state index is 13.5. The van der Waals surface area contributed by atoms with Crippen LogP contribution in [-0.2, 0) is 16.0 Å². The van der Waals surface area contributed by atoms with E-state index in [1.165, 1.54) is 6.92 Å². The number of anilines is 1. The van der Waals surface area contributed by atoms with Crippen LogP contribution in [0.25, 0.3) is 11.1 Å². The molecule has 0 radical (unpaired) electrons. The highest BCUT2D eigenvalue weighted by Gasteiger charge is 2.30. The number of methoxy groups -OCH3 is 3. The highest BCUT2D eigenvalue weighted by molar-refractivity contribution is 5.85. The molecule has 1 heterocycles. The molecule has 222 valence electrons. The third-order valence-electron chi connectivity index (χ3n) is 8.10. The number of likely N-dealkylation sites (tertiary alicyclic amines) is 1. The van der Waals surface area contributed by atoms with Crippen LogP contribution in [0.2, 0.25) is 0 Å². The second kappa shape index (κ2) is 13.2. The van der Waals surface area contributed by atoms with Gasteiger partial charge in [-0.25, -0.2) is 0 Å². The van der Waals surface area contributed by atoms with Gasteiger partial charge in [-0.2, -0.15) is 0 Å². The van der Waals surface area contributed by atoms with E-state index >= 15 is 0 Å². The van der Waals surface area contributed by atoms with E-state index < -0.39 is 12.1 Å². The highest BCUT2D eigenvalue weighted by atomic mass is 16.5. The van der Waals surface area contributed by atoms with Crippen molar-refractivity contribution in [3.8, 4) is 28.4 Å². The van der Waals surface area contributed by atoms with E-state index in [0.29, 0.717) is 53.9 Å². The first-order valence-corrected chi connectivity index (χ1v) is 14.3. The summed E-state index contributed by atoms with van der Waals surface area (Å²) >= 11 is 0. The Kier molecular flexibility index (Phi) is 9.75.